The second-order valence-electron chi connectivity index (χ2n) is 6.39. The molecule has 1 aliphatic heterocycles. The van der Waals surface area contributed by atoms with E-state index in [-0.39, 0.29) is 35.6 Å². The third-order valence-corrected chi connectivity index (χ3v) is 6.52. The second-order valence-corrected chi connectivity index (χ2v) is 8.29. The summed E-state index contributed by atoms with van der Waals surface area (Å²) in [6.45, 7) is 1.58. The number of benzene rings is 1. The van der Waals surface area contributed by atoms with Gasteiger partial charge in [-0.05, 0) is 18.2 Å². The molecule has 10 heteroatoms. The summed E-state index contributed by atoms with van der Waals surface area (Å²) >= 11 is 0. The van der Waals surface area contributed by atoms with Crippen molar-refractivity contribution in [2.45, 2.75) is 23.8 Å². The highest BCUT2D eigenvalue weighted by Gasteiger charge is 2.42. The average Bonchev–Trinajstić information content (AvgIpc) is 3.20. The van der Waals surface area contributed by atoms with E-state index in [0.717, 1.165) is 11.8 Å². The SMILES string of the molecule is COc1c(F)cccc1S(=O)(=O)N1C[C@@H](NC(C)=O)[C@H](c2ccnn2C)C1. The summed E-state index contributed by atoms with van der Waals surface area (Å²) in [5, 5.41) is 6.93. The Morgan fingerprint density at radius 2 is 2.07 bits per heavy atom. The number of carbonyl (C=O) groups excluding carboxylic acids is 1. The Morgan fingerprint density at radius 1 is 1.33 bits per heavy atom. The lowest BCUT2D eigenvalue weighted by atomic mass is 10.00. The molecule has 1 saturated heterocycles. The predicted octanol–water partition coefficient (Wildman–Crippen LogP) is 0.861. The summed E-state index contributed by atoms with van der Waals surface area (Å²) in [6.07, 6.45) is 1.62. The fourth-order valence-electron chi connectivity index (χ4n) is 3.45. The number of carbonyl (C=O) groups is 1. The van der Waals surface area contributed by atoms with Gasteiger partial charge in [-0.25, -0.2) is 12.8 Å². The van der Waals surface area contributed by atoms with E-state index in [0.29, 0.717) is 0 Å². The number of ether oxygens (including phenoxy) is 1. The first-order valence-corrected chi connectivity index (χ1v) is 9.77. The number of nitrogens with zero attached hydrogens (tertiary/aromatic N) is 3. The highest BCUT2D eigenvalue weighted by Crippen LogP contribution is 2.35. The number of amides is 1. The Bertz CT molecular complexity index is 960. The molecule has 1 fully saturated rings. The normalized spacial score (nSPS) is 20.6. The number of aromatic nitrogens is 2. The van der Waals surface area contributed by atoms with Crippen molar-refractivity contribution in [3.63, 3.8) is 0 Å². The van der Waals surface area contributed by atoms with Crippen molar-refractivity contribution in [3.8, 4) is 5.75 Å². The van der Waals surface area contributed by atoms with Crippen LogP contribution in [0.5, 0.6) is 5.75 Å². The van der Waals surface area contributed by atoms with Crippen molar-refractivity contribution in [2.24, 2.45) is 7.05 Å². The fourth-order valence-corrected chi connectivity index (χ4v) is 5.11. The smallest absolute Gasteiger partial charge is 0.246 e. The molecule has 2 aromatic rings. The van der Waals surface area contributed by atoms with Gasteiger partial charge in [0.15, 0.2) is 11.6 Å². The zero-order valence-corrected chi connectivity index (χ0v) is 16.0. The minimum absolute atomic E-state index is 0.0669. The Morgan fingerprint density at radius 3 is 2.67 bits per heavy atom. The van der Waals surface area contributed by atoms with Crippen LogP contribution in [0.15, 0.2) is 35.4 Å². The van der Waals surface area contributed by atoms with E-state index in [1.54, 1.807) is 24.0 Å². The van der Waals surface area contributed by atoms with Crippen LogP contribution in [0.1, 0.15) is 18.5 Å². The van der Waals surface area contributed by atoms with Gasteiger partial charge in [0.05, 0.1) is 13.2 Å². The minimum Gasteiger partial charge on any atom is -0.492 e. The number of sulfonamides is 1. The van der Waals surface area contributed by atoms with E-state index in [4.69, 9.17) is 4.74 Å². The van der Waals surface area contributed by atoms with E-state index in [2.05, 4.69) is 10.4 Å². The van der Waals surface area contributed by atoms with Crippen LogP contribution in [0.4, 0.5) is 4.39 Å². The topological polar surface area (TPSA) is 93.5 Å². The molecular formula is C17H21FN4O4S. The molecule has 0 bridgehead atoms. The van der Waals surface area contributed by atoms with Gasteiger partial charge in [0.25, 0.3) is 0 Å². The number of para-hydroxylation sites is 1. The third-order valence-electron chi connectivity index (χ3n) is 4.67. The van der Waals surface area contributed by atoms with Crippen molar-refractivity contribution >= 4 is 15.9 Å². The quantitative estimate of drug-likeness (QED) is 0.809. The van der Waals surface area contributed by atoms with Crippen LogP contribution in [-0.2, 0) is 21.9 Å². The van der Waals surface area contributed by atoms with Crippen molar-refractivity contribution in [1.82, 2.24) is 19.4 Å². The first kappa shape index (κ1) is 19.3. The van der Waals surface area contributed by atoms with Crippen LogP contribution in [0.25, 0.3) is 0 Å². The van der Waals surface area contributed by atoms with Crippen LogP contribution in [0.2, 0.25) is 0 Å². The van der Waals surface area contributed by atoms with Gasteiger partial charge in [-0.15, -0.1) is 0 Å². The number of halogens is 1. The van der Waals surface area contributed by atoms with Crippen molar-refractivity contribution in [3.05, 3.63) is 42.0 Å². The summed E-state index contributed by atoms with van der Waals surface area (Å²) in [7, 11) is -1.04. The standard InChI is InChI=1S/C17H21FN4O4S/c1-11(23)20-14-10-22(9-12(14)15-7-8-19-21(15)2)27(24,25)16-6-4-5-13(18)17(16)26-3/h4-8,12,14H,9-10H2,1-3H3,(H,20,23)/t12-,14-/m1/s1. The third kappa shape index (κ3) is 3.54. The fraction of sp³-hybridized carbons (Fsp3) is 0.412. The molecule has 146 valence electrons. The van der Waals surface area contributed by atoms with Crippen LogP contribution in [0, 0.1) is 5.82 Å². The molecule has 0 radical (unpaired) electrons. The van der Waals surface area contributed by atoms with E-state index in [9.17, 15) is 17.6 Å². The molecule has 0 unspecified atom stereocenters. The van der Waals surface area contributed by atoms with Crippen LogP contribution >= 0.6 is 0 Å². The molecule has 8 nitrogen and oxygen atoms in total. The highest BCUT2D eigenvalue weighted by molar-refractivity contribution is 7.89. The summed E-state index contributed by atoms with van der Waals surface area (Å²) in [5.41, 5.74) is 0.803. The molecule has 1 aromatic carbocycles. The van der Waals surface area contributed by atoms with E-state index in [1.807, 2.05) is 0 Å². The van der Waals surface area contributed by atoms with E-state index < -0.39 is 21.9 Å². The van der Waals surface area contributed by atoms with Gasteiger partial charge >= 0.3 is 0 Å². The summed E-state index contributed by atoms with van der Waals surface area (Å²) in [6, 6.07) is 5.14. The largest absolute Gasteiger partial charge is 0.492 e. The van der Waals surface area contributed by atoms with Crippen molar-refractivity contribution in [2.75, 3.05) is 20.2 Å². The maximum absolute atomic E-state index is 14.0. The summed E-state index contributed by atoms with van der Waals surface area (Å²) < 4.78 is 48.1. The Kier molecular flexibility index (Phi) is 5.20. The lowest BCUT2D eigenvalue weighted by Crippen LogP contribution is -2.39. The average molecular weight is 396 g/mol. The van der Waals surface area contributed by atoms with E-state index >= 15 is 0 Å². The molecular weight excluding hydrogens is 375 g/mol. The number of rotatable bonds is 5. The van der Waals surface area contributed by atoms with Crippen molar-refractivity contribution in [1.29, 1.82) is 0 Å². The summed E-state index contributed by atoms with van der Waals surface area (Å²) in [4.78, 5) is 11.4. The lowest BCUT2D eigenvalue weighted by molar-refractivity contribution is -0.119. The first-order chi connectivity index (χ1) is 12.8. The Labute approximate surface area is 157 Å². The van der Waals surface area contributed by atoms with Gasteiger partial charge in [-0.1, -0.05) is 6.07 Å². The van der Waals surface area contributed by atoms with Crippen LogP contribution in [-0.4, -0.2) is 54.7 Å². The maximum atomic E-state index is 14.0. The van der Waals surface area contributed by atoms with Gasteiger partial charge < -0.3 is 10.1 Å². The molecule has 2 atom stereocenters. The monoisotopic (exact) mass is 396 g/mol. The highest BCUT2D eigenvalue weighted by atomic mass is 32.2. The molecule has 27 heavy (non-hydrogen) atoms. The second kappa shape index (κ2) is 7.28. The molecule has 1 N–H and O–H groups in total. The number of aryl methyl sites for hydroxylation is 1. The Hall–Kier alpha value is -2.46. The summed E-state index contributed by atoms with van der Waals surface area (Å²) in [5.74, 6) is -1.61. The molecule has 1 aromatic heterocycles. The van der Waals surface area contributed by atoms with E-state index in [1.165, 1.54) is 30.5 Å². The van der Waals surface area contributed by atoms with Gasteiger partial charge in [0, 0.05) is 44.9 Å². The predicted molar refractivity (Wildman–Crippen MR) is 95.3 cm³/mol. The maximum Gasteiger partial charge on any atom is 0.246 e. The number of hydrogen-bond acceptors (Lipinski definition) is 5. The van der Waals surface area contributed by atoms with Gasteiger partial charge in [0.1, 0.15) is 4.90 Å². The molecule has 0 saturated carbocycles. The molecule has 2 heterocycles. The lowest BCUT2D eigenvalue weighted by Gasteiger charge is -2.19. The van der Waals surface area contributed by atoms with Gasteiger partial charge in [0.2, 0.25) is 15.9 Å². The minimum atomic E-state index is -4.02. The zero-order valence-electron chi connectivity index (χ0n) is 15.2. The zero-order chi connectivity index (χ0) is 19.8. The number of hydrogen-bond donors (Lipinski definition) is 1. The molecule has 1 aliphatic rings. The first-order valence-electron chi connectivity index (χ1n) is 8.33. The number of methoxy groups -OCH3 is 1. The molecule has 0 aliphatic carbocycles. The van der Waals surface area contributed by atoms with Gasteiger partial charge in [-0.3, -0.25) is 9.48 Å². The van der Waals surface area contributed by atoms with Crippen molar-refractivity contribution < 1.29 is 22.3 Å². The molecule has 1 amide bonds. The number of nitrogens with one attached hydrogen (secondary N) is 1. The Balaban J connectivity index is 1.99. The van der Waals surface area contributed by atoms with Crippen LogP contribution < -0.4 is 10.1 Å². The van der Waals surface area contributed by atoms with Crippen LogP contribution in [0.3, 0.4) is 0 Å². The molecule has 3 rings (SSSR count). The molecule has 0 spiro atoms. The van der Waals surface area contributed by atoms with Gasteiger partial charge in [-0.2, -0.15) is 9.40 Å².